The summed E-state index contributed by atoms with van der Waals surface area (Å²) < 4.78 is 10.9. The first-order valence-corrected chi connectivity index (χ1v) is 9.20. The second-order valence-electron chi connectivity index (χ2n) is 5.02. The number of ether oxygens (including phenoxy) is 1. The van der Waals surface area contributed by atoms with Crippen molar-refractivity contribution in [3.05, 3.63) is 17.0 Å². The van der Waals surface area contributed by atoms with Crippen LogP contribution in [0.5, 0.6) is 0 Å². The van der Waals surface area contributed by atoms with Crippen LogP contribution in [0.25, 0.3) is 0 Å². The average Bonchev–Trinajstić information content (AvgIpc) is 3.15. The Labute approximate surface area is 147 Å². The van der Waals surface area contributed by atoms with Gasteiger partial charge in [0.15, 0.2) is 4.34 Å². The summed E-state index contributed by atoms with van der Waals surface area (Å²) in [5.74, 6) is 0.161. The van der Waals surface area contributed by atoms with Crippen molar-refractivity contribution in [3.8, 4) is 0 Å². The maximum absolute atomic E-state index is 11.9. The molecule has 1 N–H and O–H groups in total. The van der Waals surface area contributed by atoms with Gasteiger partial charge in [-0.2, -0.15) is 0 Å². The number of amides is 1. The Kier molecular flexibility index (Phi) is 6.73. The Hall–Kier alpha value is -1.94. The number of thioether (sulfide) groups is 1. The first-order valence-electron chi connectivity index (χ1n) is 7.34. The lowest BCUT2D eigenvalue weighted by atomic mass is 10.2. The molecule has 10 heteroatoms. The molecule has 0 fully saturated rings. The maximum Gasteiger partial charge on any atom is 0.322 e. The summed E-state index contributed by atoms with van der Waals surface area (Å²) in [6.07, 6.45) is 0.136. The molecular formula is C14H18N4O4S2. The third kappa shape index (κ3) is 5.60. The fraction of sp³-hybridized carbons (Fsp3) is 0.500. The molecule has 0 atom stereocenters. The van der Waals surface area contributed by atoms with Gasteiger partial charge in [0.2, 0.25) is 11.8 Å². The summed E-state index contributed by atoms with van der Waals surface area (Å²) in [5.41, 5.74) is 0.639. The smallest absolute Gasteiger partial charge is 0.322 e. The topological polar surface area (TPSA) is 107 Å². The summed E-state index contributed by atoms with van der Waals surface area (Å²) in [6, 6.07) is 0.0893. The van der Waals surface area contributed by atoms with E-state index < -0.39 is 0 Å². The van der Waals surface area contributed by atoms with Gasteiger partial charge in [0.25, 0.3) is 0 Å². The van der Waals surface area contributed by atoms with E-state index in [4.69, 9.17) is 9.15 Å². The second kappa shape index (κ2) is 8.78. The Bertz CT molecular complexity index is 699. The number of nitrogens with zero attached hydrogens (tertiary/aromatic N) is 3. The standard InChI is InChI=1S/C14H18N4O4S2/c1-4-21-11(20)5-9-6-23-14(15-9)24-7-10(19)16-13-18-17-12(22-13)8(2)3/h6,8H,4-5,7H2,1-3H3,(H,16,18,19). The number of hydrogen-bond acceptors (Lipinski definition) is 9. The molecule has 0 unspecified atom stereocenters. The van der Waals surface area contributed by atoms with E-state index in [2.05, 4.69) is 20.5 Å². The molecule has 0 bridgehead atoms. The van der Waals surface area contributed by atoms with E-state index in [0.717, 1.165) is 0 Å². The largest absolute Gasteiger partial charge is 0.466 e. The van der Waals surface area contributed by atoms with E-state index in [1.54, 1.807) is 12.3 Å². The second-order valence-corrected chi connectivity index (χ2v) is 7.10. The third-order valence-corrected chi connectivity index (χ3v) is 4.74. The van der Waals surface area contributed by atoms with Gasteiger partial charge in [0.1, 0.15) is 0 Å². The van der Waals surface area contributed by atoms with Gasteiger partial charge in [-0.1, -0.05) is 30.7 Å². The van der Waals surface area contributed by atoms with Crippen molar-refractivity contribution in [1.29, 1.82) is 0 Å². The monoisotopic (exact) mass is 370 g/mol. The fourth-order valence-electron chi connectivity index (χ4n) is 1.60. The first-order chi connectivity index (χ1) is 11.5. The molecule has 0 spiro atoms. The highest BCUT2D eigenvalue weighted by molar-refractivity contribution is 8.01. The van der Waals surface area contributed by atoms with Gasteiger partial charge < -0.3 is 9.15 Å². The van der Waals surface area contributed by atoms with Crippen molar-refractivity contribution < 1.29 is 18.7 Å². The number of hydrogen-bond donors (Lipinski definition) is 1. The lowest BCUT2D eigenvalue weighted by Gasteiger charge is -1.99. The quantitative estimate of drug-likeness (QED) is 0.558. The minimum absolute atomic E-state index is 0.0893. The number of thiazole rings is 1. The highest BCUT2D eigenvalue weighted by Gasteiger charge is 2.14. The molecule has 8 nitrogen and oxygen atoms in total. The zero-order chi connectivity index (χ0) is 17.5. The van der Waals surface area contributed by atoms with E-state index in [-0.39, 0.29) is 36.0 Å². The van der Waals surface area contributed by atoms with Crippen LogP contribution in [0.4, 0.5) is 6.01 Å². The van der Waals surface area contributed by atoms with Crippen LogP contribution in [0.15, 0.2) is 14.1 Å². The molecule has 0 aliphatic heterocycles. The van der Waals surface area contributed by atoms with Gasteiger partial charge in [-0.15, -0.1) is 16.4 Å². The lowest BCUT2D eigenvalue weighted by Crippen LogP contribution is -2.14. The van der Waals surface area contributed by atoms with Crippen LogP contribution in [0.1, 0.15) is 38.3 Å². The van der Waals surface area contributed by atoms with Crippen LogP contribution in [0, 0.1) is 0 Å². The van der Waals surface area contributed by atoms with Crippen LogP contribution in [-0.4, -0.2) is 39.4 Å². The number of rotatable bonds is 8. The zero-order valence-corrected chi connectivity index (χ0v) is 15.2. The van der Waals surface area contributed by atoms with E-state index >= 15 is 0 Å². The van der Waals surface area contributed by atoms with Crippen molar-refractivity contribution in [2.24, 2.45) is 0 Å². The van der Waals surface area contributed by atoms with Crippen LogP contribution in [-0.2, 0) is 20.7 Å². The predicted octanol–water partition coefficient (Wildman–Crippen LogP) is 2.49. The van der Waals surface area contributed by atoms with Gasteiger partial charge in [-0.05, 0) is 6.92 Å². The Morgan fingerprint density at radius 3 is 2.88 bits per heavy atom. The summed E-state index contributed by atoms with van der Waals surface area (Å²) in [5, 5.41) is 11.9. The van der Waals surface area contributed by atoms with Gasteiger partial charge >= 0.3 is 12.0 Å². The fourth-order valence-corrected chi connectivity index (χ4v) is 3.24. The Morgan fingerprint density at radius 2 is 2.21 bits per heavy atom. The zero-order valence-electron chi connectivity index (χ0n) is 13.6. The minimum Gasteiger partial charge on any atom is -0.466 e. The maximum atomic E-state index is 11.9. The van der Waals surface area contributed by atoms with Crippen molar-refractivity contribution in [2.75, 3.05) is 17.7 Å². The molecule has 1 amide bonds. The van der Waals surface area contributed by atoms with Crippen molar-refractivity contribution in [3.63, 3.8) is 0 Å². The van der Waals surface area contributed by atoms with Gasteiger partial charge in [-0.3, -0.25) is 14.9 Å². The minimum atomic E-state index is -0.311. The van der Waals surface area contributed by atoms with Crippen LogP contribution in [0.3, 0.4) is 0 Å². The number of nitrogens with one attached hydrogen (secondary N) is 1. The first kappa shape index (κ1) is 18.4. The van der Waals surface area contributed by atoms with Crippen LogP contribution >= 0.6 is 23.1 Å². The van der Waals surface area contributed by atoms with E-state index in [0.29, 0.717) is 22.5 Å². The summed E-state index contributed by atoms with van der Waals surface area (Å²) in [4.78, 5) is 27.6. The highest BCUT2D eigenvalue weighted by Crippen LogP contribution is 2.23. The van der Waals surface area contributed by atoms with Crippen molar-refractivity contribution in [1.82, 2.24) is 15.2 Å². The molecule has 0 aromatic carbocycles. The van der Waals surface area contributed by atoms with Gasteiger partial charge in [0.05, 0.1) is 24.5 Å². The molecule has 2 rings (SSSR count). The summed E-state index contributed by atoms with van der Waals surface area (Å²) in [6.45, 7) is 5.95. The van der Waals surface area contributed by atoms with E-state index in [1.165, 1.54) is 23.1 Å². The molecule has 130 valence electrons. The van der Waals surface area contributed by atoms with Crippen molar-refractivity contribution >= 4 is 41.0 Å². The normalized spacial score (nSPS) is 10.8. The van der Waals surface area contributed by atoms with E-state index in [9.17, 15) is 9.59 Å². The summed E-state index contributed by atoms with van der Waals surface area (Å²) in [7, 11) is 0. The molecule has 2 aromatic heterocycles. The molecule has 0 aliphatic rings. The third-order valence-electron chi connectivity index (χ3n) is 2.67. The molecule has 0 saturated carbocycles. The number of aromatic nitrogens is 3. The number of esters is 1. The SMILES string of the molecule is CCOC(=O)Cc1csc(SCC(=O)Nc2nnc(C(C)C)o2)n1. The van der Waals surface area contributed by atoms with Gasteiger partial charge in [-0.25, -0.2) is 4.98 Å². The molecule has 2 heterocycles. The molecule has 0 radical (unpaired) electrons. The number of anilines is 1. The van der Waals surface area contributed by atoms with Crippen LogP contribution < -0.4 is 5.32 Å². The predicted molar refractivity (Wildman–Crippen MR) is 90.2 cm³/mol. The Balaban J connectivity index is 1.79. The van der Waals surface area contributed by atoms with E-state index in [1.807, 2.05) is 13.8 Å². The lowest BCUT2D eigenvalue weighted by molar-refractivity contribution is -0.142. The summed E-state index contributed by atoms with van der Waals surface area (Å²) >= 11 is 2.65. The Morgan fingerprint density at radius 1 is 1.42 bits per heavy atom. The van der Waals surface area contributed by atoms with Crippen molar-refractivity contribution in [2.45, 2.75) is 37.4 Å². The molecular weight excluding hydrogens is 352 g/mol. The number of carbonyl (C=O) groups excluding carboxylic acids is 2. The average molecular weight is 370 g/mol. The molecule has 0 saturated heterocycles. The van der Waals surface area contributed by atoms with Gasteiger partial charge in [0, 0.05) is 11.3 Å². The molecule has 24 heavy (non-hydrogen) atoms. The molecule has 0 aliphatic carbocycles. The van der Waals surface area contributed by atoms with Crippen LogP contribution in [0.2, 0.25) is 0 Å². The number of carbonyl (C=O) groups is 2. The highest BCUT2D eigenvalue weighted by atomic mass is 32.2. The molecule has 2 aromatic rings.